The van der Waals surface area contributed by atoms with E-state index >= 15 is 0 Å². The molecule has 2 N–H and O–H groups in total. The molecule has 31 heavy (non-hydrogen) atoms. The number of pyridine rings is 1. The van der Waals surface area contributed by atoms with Crippen LogP contribution < -0.4 is 20.4 Å². The molecule has 1 aromatic carbocycles. The summed E-state index contributed by atoms with van der Waals surface area (Å²) in [5, 5.41) is 6.16. The smallest absolute Gasteiger partial charge is 0.311 e. The number of hydrogen-bond donors (Lipinski definition) is 2. The number of rotatable bonds is 4. The van der Waals surface area contributed by atoms with Crippen molar-refractivity contribution in [3.63, 3.8) is 0 Å². The minimum Gasteiger partial charge on any atom is -0.416 e. The van der Waals surface area contributed by atoms with Gasteiger partial charge in [0, 0.05) is 44.5 Å². The highest BCUT2D eigenvalue weighted by Crippen LogP contribution is 2.27. The number of carbonyl (C=O) groups excluding carboxylic acids is 2. The van der Waals surface area contributed by atoms with Crippen molar-refractivity contribution < 1.29 is 14.0 Å². The molecule has 0 unspecified atom stereocenters. The van der Waals surface area contributed by atoms with Crippen LogP contribution in [0.2, 0.25) is 0 Å². The molecule has 9 nitrogen and oxygen atoms in total. The van der Waals surface area contributed by atoms with Gasteiger partial charge in [0.25, 0.3) is 11.8 Å². The Morgan fingerprint density at radius 1 is 1.10 bits per heavy atom. The lowest BCUT2D eigenvalue weighted by Gasteiger charge is -2.30. The molecule has 5 rings (SSSR count). The molecule has 0 atom stereocenters. The van der Waals surface area contributed by atoms with Gasteiger partial charge in [0.05, 0.1) is 23.8 Å². The Hall–Kier alpha value is -3.72. The largest absolute Gasteiger partial charge is 0.416 e. The molecule has 2 amide bonds. The van der Waals surface area contributed by atoms with Crippen LogP contribution in [0, 0.1) is 0 Å². The number of oxazole rings is 1. The molecule has 0 radical (unpaired) electrons. The Labute approximate surface area is 179 Å². The Morgan fingerprint density at radius 3 is 2.81 bits per heavy atom. The number of carbonyl (C=O) groups is 2. The van der Waals surface area contributed by atoms with Crippen molar-refractivity contribution >= 4 is 29.1 Å². The first-order valence-corrected chi connectivity index (χ1v) is 10.3. The van der Waals surface area contributed by atoms with Crippen LogP contribution in [0.4, 0.5) is 17.3 Å². The van der Waals surface area contributed by atoms with Crippen LogP contribution in [0.3, 0.4) is 0 Å². The van der Waals surface area contributed by atoms with Gasteiger partial charge in [-0.2, -0.15) is 0 Å². The minimum atomic E-state index is -0.486. The quantitative estimate of drug-likeness (QED) is 0.667. The zero-order valence-electron chi connectivity index (χ0n) is 16.9. The highest BCUT2D eigenvalue weighted by molar-refractivity contribution is 6.08. The van der Waals surface area contributed by atoms with Gasteiger partial charge in [-0.3, -0.25) is 19.5 Å². The van der Waals surface area contributed by atoms with E-state index in [0.29, 0.717) is 24.2 Å². The van der Waals surface area contributed by atoms with Gasteiger partial charge in [-0.1, -0.05) is 18.2 Å². The number of amides is 2. The molecular weight excluding hydrogens is 396 g/mol. The van der Waals surface area contributed by atoms with Crippen molar-refractivity contribution in [2.75, 3.05) is 47.8 Å². The molecular formula is C22H22N6O3. The van der Waals surface area contributed by atoms with Gasteiger partial charge in [0.1, 0.15) is 0 Å². The number of aromatic nitrogens is 2. The Morgan fingerprint density at radius 2 is 1.94 bits per heavy atom. The van der Waals surface area contributed by atoms with E-state index in [9.17, 15) is 9.59 Å². The number of benzene rings is 1. The van der Waals surface area contributed by atoms with Gasteiger partial charge < -0.3 is 20.0 Å². The van der Waals surface area contributed by atoms with E-state index in [1.807, 2.05) is 24.3 Å². The van der Waals surface area contributed by atoms with Crippen molar-refractivity contribution in [3.05, 3.63) is 65.9 Å². The average Bonchev–Trinajstić information content (AvgIpc) is 3.31. The number of nitrogens with zero attached hydrogens (tertiary/aromatic N) is 4. The summed E-state index contributed by atoms with van der Waals surface area (Å²) in [6, 6.07) is 9.39. The van der Waals surface area contributed by atoms with E-state index in [1.54, 1.807) is 18.5 Å². The molecule has 2 aliphatic heterocycles. The van der Waals surface area contributed by atoms with Gasteiger partial charge in [-0.15, -0.1) is 0 Å². The van der Waals surface area contributed by atoms with Crippen molar-refractivity contribution in [1.29, 1.82) is 0 Å². The van der Waals surface area contributed by atoms with Crippen LogP contribution in [0.5, 0.6) is 0 Å². The van der Waals surface area contributed by atoms with Crippen molar-refractivity contribution in [3.8, 4) is 0 Å². The molecule has 2 aliphatic rings. The Bertz CT molecular complexity index is 1120. The molecule has 3 aromatic rings. The summed E-state index contributed by atoms with van der Waals surface area (Å²) in [5.41, 5.74) is 3.15. The van der Waals surface area contributed by atoms with E-state index in [4.69, 9.17) is 4.42 Å². The number of fused-ring (bicyclic) bond motifs is 1. The lowest BCUT2D eigenvalue weighted by atomic mass is 9.99. The van der Waals surface area contributed by atoms with Gasteiger partial charge in [0.15, 0.2) is 0 Å². The lowest BCUT2D eigenvalue weighted by molar-refractivity contribution is 0.0961. The first kappa shape index (κ1) is 19.3. The van der Waals surface area contributed by atoms with E-state index < -0.39 is 5.91 Å². The maximum absolute atomic E-state index is 12.8. The van der Waals surface area contributed by atoms with Crippen LogP contribution in [0.1, 0.15) is 26.6 Å². The van der Waals surface area contributed by atoms with Crippen molar-refractivity contribution in [2.24, 2.45) is 0 Å². The van der Waals surface area contributed by atoms with E-state index in [1.165, 1.54) is 11.1 Å². The first-order valence-electron chi connectivity index (χ1n) is 10.3. The van der Waals surface area contributed by atoms with Gasteiger partial charge in [0.2, 0.25) is 5.88 Å². The van der Waals surface area contributed by atoms with Crippen LogP contribution >= 0.6 is 0 Å². The Kier molecular flexibility index (Phi) is 5.09. The number of piperazine rings is 1. The van der Waals surface area contributed by atoms with Crippen molar-refractivity contribution in [2.45, 2.75) is 6.42 Å². The summed E-state index contributed by atoms with van der Waals surface area (Å²) >= 11 is 0. The number of anilines is 3. The fourth-order valence-corrected chi connectivity index (χ4v) is 3.97. The zero-order chi connectivity index (χ0) is 21.2. The summed E-state index contributed by atoms with van der Waals surface area (Å²) in [6.45, 7) is 3.92. The molecule has 0 aliphatic carbocycles. The third-order valence-corrected chi connectivity index (χ3v) is 5.56. The van der Waals surface area contributed by atoms with Gasteiger partial charge in [-0.25, -0.2) is 4.98 Å². The Balaban J connectivity index is 1.33. The molecule has 2 aromatic heterocycles. The maximum atomic E-state index is 12.8. The van der Waals surface area contributed by atoms with Crippen LogP contribution in [-0.4, -0.2) is 54.5 Å². The molecule has 1 saturated heterocycles. The average molecular weight is 418 g/mol. The standard InChI is InChI=1S/C22H22N6O3/c29-20(26-17-13-24-7-5-18(17)27-11-8-23-9-12-27)21-25-14-19(31-21)28-10-6-15-3-1-2-4-16(15)22(28)30/h1-5,7,13-14,23H,6,8-12H2,(H,26,29). The van der Waals surface area contributed by atoms with E-state index in [2.05, 4.69) is 25.5 Å². The van der Waals surface area contributed by atoms with E-state index in [0.717, 1.165) is 37.4 Å². The number of hydrogen-bond acceptors (Lipinski definition) is 7. The molecule has 0 bridgehead atoms. The molecule has 0 spiro atoms. The molecule has 0 saturated carbocycles. The highest BCUT2D eigenvalue weighted by Gasteiger charge is 2.28. The summed E-state index contributed by atoms with van der Waals surface area (Å²) in [4.78, 5) is 37.6. The maximum Gasteiger partial charge on any atom is 0.311 e. The normalized spacial score (nSPS) is 16.2. The fraction of sp³-hybridized carbons (Fsp3) is 0.273. The summed E-state index contributed by atoms with van der Waals surface area (Å²) in [6.07, 6.45) is 5.45. The van der Waals surface area contributed by atoms with Crippen LogP contribution in [0.25, 0.3) is 0 Å². The van der Waals surface area contributed by atoms with Crippen LogP contribution in [0.15, 0.2) is 53.3 Å². The fourth-order valence-electron chi connectivity index (χ4n) is 3.97. The second-order valence-electron chi connectivity index (χ2n) is 7.45. The molecule has 9 heteroatoms. The summed E-state index contributed by atoms with van der Waals surface area (Å²) in [5.74, 6) is -0.478. The SMILES string of the molecule is O=C(Nc1cnccc1N1CCNCC1)c1ncc(N2CCc3ccccc3C2=O)o1. The second kappa shape index (κ2) is 8.19. The predicted molar refractivity (Wildman–Crippen MR) is 116 cm³/mol. The number of nitrogens with one attached hydrogen (secondary N) is 2. The lowest BCUT2D eigenvalue weighted by Crippen LogP contribution is -2.43. The predicted octanol–water partition coefficient (Wildman–Crippen LogP) is 1.93. The van der Waals surface area contributed by atoms with Gasteiger partial charge in [-0.05, 0) is 24.1 Å². The molecule has 158 valence electrons. The van der Waals surface area contributed by atoms with E-state index in [-0.39, 0.29) is 17.7 Å². The van der Waals surface area contributed by atoms with Crippen molar-refractivity contribution in [1.82, 2.24) is 15.3 Å². The first-order chi connectivity index (χ1) is 15.2. The molecule has 4 heterocycles. The summed E-state index contributed by atoms with van der Waals surface area (Å²) < 4.78 is 5.67. The second-order valence-corrected chi connectivity index (χ2v) is 7.45. The summed E-state index contributed by atoms with van der Waals surface area (Å²) in [7, 11) is 0. The molecule has 1 fully saturated rings. The third kappa shape index (κ3) is 3.75. The monoisotopic (exact) mass is 418 g/mol. The van der Waals surface area contributed by atoms with Gasteiger partial charge >= 0.3 is 5.91 Å². The van der Waals surface area contributed by atoms with Crippen LogP contribution in [-0.2, 0) is 6.42 Å². The zero-order valence-corrected chi connectivity index (χ0v) is 16.9. The third-order valence-electron chi connectivity index (χ3n) is 5.56. The highest BCUT2D eigenvalue weighted by atomic mass is 16.4. The minimum absolute atomic E-state index is 0.100. The topological polar surface area (TPSA) is 104 Å².